The van der Waals surface area contributed by atoms with Gasteiger partial charge in [-0.3, -0.25) is 4.79 Å². The van der Waals surface area contributed by atoms with Gasteiger partial charge < -0.3 is 9.30 Å². The molecule has 122 valence electrons. The van der Waals surface area contributed by atoms with Gasteiger partial charge in [-0.05, 0) is 30.3 Å². The van der Waals surface area contributed by atoms with Crippen molar-refractivity contribution in [1.82, 2.24) is 4.57 Å². The lowest BCUT2D eigenvalue weighted by Gasteiger charge is -2.04. The summed E-state index contributed by atoms with van der Waals surface area (Å²) in [6.07, 6.45) is 1.71. The largest absolute Gasteiger partial charge is 0.496 e. The van der Waals surface area contributed by atoms with Gasteiger partial charge in [0.05, 0.1) is 22.9 Å². The van der Waals surface area contributed by atoms with Crippen LogP contribution in [0.4, 0.5) is 4.39 Å². The van der Waals surface area contributed by atoms with Gasteiger partial charge in [-0.15, -0.1) is 6.58 Å². The molecule has 1 aromatic heterocycles. The van der Waals surface area contributed by atoms with Crippen molar-refractivity contribution in [2.75, 3.05) is 7.11 Å². The van der Waals surface area contributed by atoms with E-state index < -0.39 is 5.91 Å². The van der Waals surface area contributed by atoms with Gasteiger partial charge in [0.25, 0.3) is 5.91 Å². The number of allylic oxidation sites excluding steroid dienone is 1. The van der Waals surface area contributed by atoms with Gasteiger partial charge in [0.1, 0.15) is 11.6 Å². The van der Waals surface area contributed by atoms with E-state index in [-0.39, 0.29) is 5.82 Å². The van der Waals surface area contributed by atoms with E-state index in [0.29, 0.717) is 22.7 Å². The van der Waals surface area contributed by atoms with Gasteiger partial charge in [-0.1, -0.05) is 29.5 Å². The molecule has 0 fully saturated rings. The molecule has 0 saturated carbocycles. The van der Waals surface area contributed by atoms with Crippen molar-refractivity contribution in [2.45, 2.75) is 6.54 Å². The Bertz CT molecular complexity index is 988. The van der Waals surface area contributed by atoms with Crippen molar-refractivity contribution in [3.63, 3.8) is 0 Å². The van der Waals surface area contributed by atoms with Crippen molar-refractivity contribution in [3.05, 3.63) is 71.3 Å². The molecule has 3 aromatic rings. The van der Waals surface area contributed by atoms with Crippen LogP contribution in [-0.2, 0) is 6.54 Å². The van der Waals surface area contributed by atoms with E-state index in [1.165, 1.54) is 30.6 Å². The third-order valence-electron chi connectivity index (χ3n) is 3.49. The predicted octanol–water partition coefficient (Wildman–Crippen LogP) is 3.78. The molecule has 0 aliphatic carbocycles. The van der Waals surface area contributed by atoms with Crippen LogP contribution in [-0.4, -0.2) is 17.6 Å². The normalized spacial score (nSPS) is 11.7. The molecule has 0 aliphatic rings. The van der Waals surface area contributed by atoms with E-state index in [4.69, 9.17) is 4.74 Å². The van der Waals surface area contributed by atoms with Crippen molar-refractivity contribution in [2.24, 2.45) is 4.99 Å². The Kier molecular flexibility index (Phi) is 4.57. The molecule has 24 heavy (non-hydrogen) atoms. The number of thiazole rings is 1. The molecule has 1 amide bonds. The van der Waals surface area contributed by atoms with E-state index in [0.717, 1.165) is 10.2 Å². The second-order valence-corrected chi connectivity index (χ2v) is 6.02. The number of halogens is 1. The lowest BCUT2D eigenvalue weighted by Crippen LogP contribution is -2.16. The summed E-state index contributed by atoms with van der Waals surface area (Å²) >= 11 is 1.26. The molecular weight excluding hydrogens is 327 g/mol. The Morgan fingerprint density at radius 1 is 1.38 bits per heavy atom. The third-order valence-corrected chi connectivity index (χ3v) is 4.53. The van der Waals surface area contributed by atoms with E-state index in [9.17, 15) is 9.18 Å². The maximum atomic E-state index is 13.5. The summed E-state index contributed by atoms with van der Waals surface area (Å²) in [5.74, 6) is -0.261. The molecule has 0 bridgehead atoms. The van der Waals surface area contributed by atoms with E-state index in [2.05, 4.69) is 11.6 Å². The quantitative estimate of drug-likeness (QED) is 0.677. The smallest absolute Gasteiger partial charge is 0.283 e. The first-order valence-electron chi connectivity index (χ1n) is 7.26. The predicted molar refractivity (Wildman–Crippen MR) is 92.9 cm³/mol. The molecular formula is C18H15FN2O2S. The van der Waals surface area contributed by atoms with Crippen LogP contribution in [0.5, 0.6) is 5.75 Å². The molecule has 0 aliphatic heterocycles. The monoisotopic (exact) mass is 342 g/mol. The van der Waals surface area contributed by atoms with Gasteiger partial charge in [0, 0.05) is 6.54 Å². The first kappa shape index (κ1) is 16.1. The Labute approximate surface area is 142 Å². The van der Waals surface area contributed by atoms with Gasteiger partial charge in [-0.25, -0.2) is 4.39 Å². The van der Waals surface area contributed by atoms with Crippen LogP contribution >= 0.6 is 11.3 Å². The molecule has 0 spiro atoms. The minimum Gasteiger partial charge on any atom is -0.496 e. The van der Waals surface area contributed by atoms with Gasteiger partial charge in [0.2, 0.25) is 0 Å². The average molecular weight is 342 g/mol. The number of fused-ring (bicyclic) bond motifs is 1. The standard InChI is InChI=1S/C18H15FN2O2S/c1-3-10-21-14-9-8-12(19)11-16(14)24-18(21)20-17(22)13-6-4-5-7-15(13)23-2/h3-9,11H,1,10H2,2H3. The zero-order valence-corrected chi connectivity index (χ0v) is 13.8. The highest BCUT2D eigenvalue weighted by Gasteiger charge is 2.12. The first-order valence-corrected chi connectivity index (χ1v) is 8.07. The molecule has 0 N–H and O–H groups in total. The van der Waals surface area contributed by atoms with Crippen molar-refractivity contribution in [3.8, 4) is 5.75 Å². The number of nitrogens with zero attached hydrogens (tertiary/aromatic N) is 2. The molecule has 0 radical (unpaired) electrons. The lowest BCUT2D eigenvalue weighted by atomic mass is 10.2. The molecule has 0 atom stereocenters. The molecule has 6 heteroatoms. The lowest BCUT2D eigenvalue weighted by molar-refractivity contribution is 0.0995. The number of methoxy groups -OCH3 is 1. The zero-order valence-electron chi connectivity index (χ0n) is 13.0. The topological polar surface area (TPSA) is 43.6 Å². The number of hydrogen-bond donors (Lipinski definition) is 0. The SMILES string of the molecule is C=CCn1c(=NC(=O)c2ccccc2OC)sc2cc(F)ccc21. The van der Waals surface area contributed by atoms with E-state index in [1.807, 2.05) is 4.57 Å². The summed E-state index contributed by atoms with van der Waals surface area (Å²) in [6.45, 7) is 4.20. The molecule has 1 heterocycles. The Balaban J connectivity index is 2.17. The highest BCUT2D eigenvalue weighted by molar-refractivity contribution is 7.16. The number of rotatable bonds is 4. The fourth-order valence-electron chi connectivity index (χ4n) is 2.41. The van der Waals surface area contributed by atoms with Crippen LogP contribution < -0.4 is 9.54 Å². The van der Waals surface area contributed by atoms with Gasteiger partial charge >= 0.3 is 0 Å². The fourth-order valence-corrected chi connectivity index (χ4v) is 3.47. The van der Waals surface area contributed by atoms with Crippen LogP contribution in [0.1, 0.15) is 10.4 Å². The molecule has 0 saturated heterocycles. The number of carbonyl (C=O) groups is 1. The second kappa shape index (κ2) is 6.80. The van der Waals surface area contributed by atoms with Crippen LogP contribution in [0.15, 0.2) is 60.1 Å². The first-order chi connectivity index (χ1) is 11.6. The Morgan fingerprint density at radius 3 is 2.92 bits per heavy atom. The van der Waals surface area contributed by atoms with Gasteiger partial charge in [-0.2, -0.15) is 4.99 Å². The van der Waals surface area contributed by atoms with Crippen LogP contribution in [0.2, 0.25) is 0 Å². The summed E-state index contributed by atoms with van der Waals surface area (Å²) in [5.41, 5.74) is 1.20. The molecule has 3 rings (SSSR count). The average Bonchev–Trinajstić information content (AvgIpc) is 2.91. The van der Waals surface area contributed by atoms with E-state index >= 15 is 0 Å². The number of para-hydroxylation sites is 1. The third kappa shape index (κ3) is 3.00. The minimum atomic E-state index is -0.405. The maximum absolute atomic E-state index is 13.5. The number of benzene rings is 2. The van der Waals surface area contributed by atoms with Crippen LogP contribution in [0.25, 0.3) is 10.2 Å². The summed E-state index contributed by atoms with van der Waals surface area (Å²) < 4.78 is 21.2. The molecule has 2 aromatic carbocycles. The number of amides is 1. The van der Waals surface area contributed by atoms with E-state index in [1.54, 1.807) is 36.4 Å². The zero-order chi connectivity index (χ0) is 17.1. The molecule has 4 nitrogen and oxygen atoms in total. The Morgan fingerprint density at radius 2 is 2.17 bits per heavy atom. The minimum absolute atomic E-state index is 0.322. The summed E-state index contributed by atoms with van der Waals surface area (Å²) in [6, 6.07) is 11.4. The fraction of sp³-hybridized carbons (Fsp3) is 0.111. The van der Waals surface area contributed by atoms with Gasteiger partial charge in [0.15, 0.2) is 4.80 Å². The van der Waals surface area contributed by atoms with Crippen LogP contribution in [0, 0.1) is 5.82 Å². The number of aromatic nitrogens is 1. The summed E-state index contributed by atoms with van der Waals surface area (Å²) in [4.78, 5) is 17.2. The van der Waals surface area contributed by atoms with Crippen molar-refractivity contribution in [1.29, 1.82) is 0 Å². The second-order valence-electron chi connectivity index (χ2n) is 5.01. The van der Waals surface area contributed by atoms with Crippen LogP contribution in [0.3, 0.4) is 0 Å². The van der Waals surface area contributed by atoms with Crippen molar-refractivity contribution < 1.29 is 13.9 Å². The summed E-state index contributed by atoms with van der Waals surface area (Å²) in [7, 11) is 1.51. The number of carbonyl (C=O) groups excluding carboxylic acids is 1. The maximum Gasteiger partial charge on any atom is 0.283 e. The highest BCUT2D eigenvalue weighted by atomic mass is 32.1. The Hall–Kier alpha value is -2.73. The summed E-state index contributed by atoms with van der Waals surface area (Å²) in [5, 5.41) is 0. The van der Waals surface area contributed by atoms with Crippen molar-refractivity contribution >= 4 is 27.5 Å². The molecule has 0 unspecified atom stereocenters. The number of hydrogen-bond acceptors (Lipinski definition) is 3. The highest BCUT2D eigenvalue weighted by Crippen LogP contribution is 2.20. The number of ether oxygens (including phenoxy) is 1.